The fourth-order valence-corrected chi connectivity index (χ4v) is 14.5. The smallest absolute Gasteiger partial charge is 0.249 e. The Morgan fingerprint density at radius 1 is 0.377 bits per heavy atom. The molecule has 380 valence electrons. The molecule has 0 atom stereocenters. The van der Waals surface area contributed by atoms with Crippen LogP contribution in [0.25, 0.3) is 22.3 Å². The van der Waals surface area contributed by atoms with Crippen LogP contribution in [0.15, 0.2) is 180 Å². The maximum absolute atomic E-state index is 7.08. The van der Waals surface area contributed by atoms with Crippen molar-refractivity contribution in [3.05, 3.63) is 214 Å². The molecule has 5 heterocycles. The zero-order valence-corrected chi connectivity index (χ0v) is 47.1. The Balaban J connectivity index is 1.07. The fraction of sp³-hybridized carbons (Fsp3) is 0.239. The number of fused-ring (bicyclic) bond motifs is 10. The molecule has 4 nitrogen and oxygen atoms in total. The number of nitrogens with zero attached hydrogens (tertiary/aromatic N) is 1. The van der Waals surface area contributed by atoms with Gasteiger partial charge in [0, 0.05) is 76.4 Å². The summed E-state index contributed by atoms with van der Waals surface area (Å²) in [5, 5.41) is 0. The van der Waals surface area contributed by atoms with Gasteiger partial charge in [-0.05, 0) is 128 Å². The van der Waals surface area contributed by atoms with E-state index in [9.17, 15) is 0 Å². The maximum atomic E-state index is 7.08. The minimum atomic E-state index is -0.358. The molecule has 0 aromatic heterocycles. The van der Waals surface area contributed by atoms with Crippen molar-refractivity contribution in [2.75, 3.05) is 4.90 Å². The number of anilines is 3. The highest BCUT2D eigenvalue weighted by Gasteiger charge is 2.47. The lowest BCUT2D eigenvalue weighted by Crippen LogP contribution is -2.60. The van der Waals surface area contributed by atoms with Crippen LogP contribution >= 0.6 is 11.8 Å². The van der Waals surface area contributed by atoms with Crippen LogP contribution in [0.4, 0.5) is 17.1 Å². The summed E-state index contributed by atoms with van der Waals surface area (Å²) in [6, 6.07) is 63.7. The Kier molecular flexibility index (Phi) is 10.2. The van der Waals surface area contributed by atoms with Crippen molar-refractivity contribution in [1.29, 1.82) is 0 Å². The molecule has 0 radical (unpaired) electrons. The molecular formula is C71H64BNO3S. The minimum absolute atomic E-state index is 0.0142. The summed E-state index contributed by atoms with van der Waals surface area (Å²) in [5.74, 6) is 5.48. The monoisotopic (exact) mass is 1020 g/mol. The topological polar surface area (TPSA) is 30.9 Å². The average molecular weight is 1020 g/mol. The first-order valence-corrected chi connectivity index (χ1v) is 28.2. The molecule has 0 saturated carbocycles. The fourth-order valence-electron chi connectivity index (χ4n) is 13.2. The van der Waals surface area contributed by atoms with Crippen molar-refractivity contribution >= 4 is 51.9 Å². The van der Waals surface area contributed by atoms with E-state index in [-0.39, 0.29) is 33.8 Å². The van der Waals surface area contributed by atoms with Gasteiger partial charge in [0.05, 0.1) is 5.69 Å². The highest BCUT2D eigenvalue weighted by Crippen LogP contribution is 2.56. The van der Waals surface area contributed by atoms with Gasteiger partial charge in [-0.15, -0.1) is 0 Å². The second-order valence-electron chi connectivity index (χ2n) is 25.8. The van der Waals surface area contributed by atoms with Gasteiger partial charge in [0.1, 0.15) is 34.5 Å². The summed E-state index contributed by atoms with van der Waals surface area (Å²) >= 11 is 1.90. The molecule has 77 heavy (non-hydrogen) atoms. The van der Waals surface area contributed by atoms with Crippen molar-refractivity contribution in [1.82, 2.24) is 0 Å². The predicted molar refractivity (Wildman–Crippen MR) is 321 cm³/mol. The second kappa shape index (κ2) is 16.3. The van der Waals surface area contributed by atoms with Crippen LogP contribution in [0.5, 0.6) is 34.5 Å². The lowest BCUT2D eigenvalue weighted by atomic mass is 9.34. The van der Waals surface area contributed by atoms with E-state index in [1.165, 1.54) is 81.9 Å². The van der Waals surface area contributed by atoms with E-state index in [0.717, 1.165) is 62.6 Å². The van der Waals surface area contributed by atoms with Gasteiger partial charge >= 0.3 is 0 Å². The second-order valence-corrected chi connectivity index (χ2v) is 26.8. The van der Waals surface area contributed by atoms with Crippen molar-refractivity contribution in [2.45, 2.75) is 120 Å². The Hall–Kier alpha value is -7.41. The molecule has 0 saturated heterocycles. The minimum Gasteiger partial charge on any atom is -0.457 e. The third-order valence-electron chi connectivity index (χ3n) is 17.8. The summed E-state index contributed by atoms with van der Waals surface area (Å²) in [7, 11) is 0. The molecule has 0 aliphatic carbocycles. The summed E-state index contributed by atoms with van der Waals surface area (Å²) < 4.78 is 20.7. The van der Waals surface area contributed by atoms with Crippen LogP contribution in [-0.4, -0.2) is 6.71 Å². The number of para-hydroxylation sites is 3. The van der Waals surface area contributed by atoms with Gasteiger partial charge in [-0.1, -0.05) is 191 Å². The highest BCUT2D eigenvalue weighted by molar-refractivity contribution is 8.00. The summed E-state index contributed by atoms with van der Waals surface area (Å²) in [4.78, 5) is 5.10. The third-order valence-corrected chi connectivity index (χ3v) is 18.9. The average Bonchev–Trinajstić information content (AvgIpc) is 3.60. The molecule has 9 aromatic carbocycles. The van der Waals surface area contributed by atoms with Crippen molar-refractivity contribution in [3.8, 4) is 56.8 Å². The quantitative estimate of drug-likeness (QED) is 0.165. The molecule has 14 rings (SSSR count). The van der Waals surface area contributed by atoms with E-state index in [4.69, 9.17) is 14.2 Å². The van der Waals surface area contributed by atoms with Gasteiger partial charge in [-0.2, -0.15) is 0 Å². The zero-order chi connectivity index (χ0) is 53.3. The van der Waals surface area contributed by atoms with Gasteiger partial charge in [0.2, 0.25) is 6.71 Å². The Labute approximate surface area is 459 Å². The van der Waals surface area contributed by atoms with Crippen LogP contribution in [0.1, 0.15) is 128 Å². The molecule has 6 heteroatoms. The Morgan fingerprint density at radius 3 is 1.45 bits per heavy atom. The van der Waals surface area contributed by atoms with Crippen molar-refractivity contribution in [3.63, 3.8) is 0 Å². The van der Waals surface area contributed by atoms with E-state index in [0.29, 0.717) is 0 Å². The van der Waals surface area contributed by atoms with Gasteiger partial charge < -0.3 is 19.1 Å². The summed E-state index contributed by atoms with van der Waals surface area (Å²) in [6.45, 7) is 27.7. The van der Waals surface area contributed by atoms with E-state index in [1.807, 2.05) is 11.8 Å². The third kappa shape index (κ3) is 7.20. The van der Waals surface area contributed by atoms with Crippen LogP contribution in [0, 0.1) is 0 Å². The van der Waals surface area contributed by atoms with Gasteiger partial charge in [0.25, 0.3) is 0 Å². The molecule has 0 unspecified atom stereocenters. The summed E-state index contributed by atoms with van der Waals surface area (Å²) in [6.07, 6.45) is 0. The Morgan fingerprint density at radius 2 is 0.870 bits per heavy atom. The number of hydrogen-bond acceptors (Lipinski definition) is 5. The molecule has 0 N–H and O–H groups in total. The van der Waals surface area contributed by atoms with Gasteiger partial charge in [-0.3, -0.25) is 0 Å². The van der Waals surface area contributed by atoms with Crippen LogP contribution in [0.3, 0.4) is 0 Å². The lowest BCUT2D eigenvalue weighted by molar-refractivity contribution is 0.417. The van der Waals surface area contributed by atoms with Crippen LogP contribution < -0.4 is 35.5 Å². The van der Waals surface area contributed by atoms with E-state index in [1.54, 1.807) is 0 Å². The summed E-state index contributed by atoms with van der Waals surface area (Å²) in [5.41, 5.74) is 20.6. The first kappa shape index (κ1) is 48.0. The molecular weight excluding hydrogens is 958 g/mol. The lowest BCUT2D eigenvalue weighted by Gasteiger charge is -2.44. The molecule has 0 spiro atoms. The number of rotatable bonds is 3. The van der Waals surface area contributed by atoms with Crippen molar-refractivity contribution < 1.29 is 14.2 Å². The standard InChI is InChI=1S/C71H64BNO3S/c1-67(2,3)44-28-25-41(26-29-44)46-36-45(68(4,5)6)30-31-55(46)73-56-37-51-62(75-59-23-17-14-20-48(59)70(51,9)10)39-53(56)72-54-40-63-52(71(11,12)49-21-15-18-24-60(49)76-63)38-64(54)77-65-35-43(34-57(73)66(65)72)42-27-32-61-50(33-42)69(7,8)47-19-13-16-22-58(47)74-61/h13-40H,1-12H3. The molecule has 5 aliphatic heterocycles. The van der Waals surface area contributed by atoms with Crippen LogP contribution in [-0.2, 0) is 27.1 Å². The van der Waals surface area contributed by atoms with Crippen molar-refractivity contribution in [2.24, 2.45) is 0 Å². The van der Waals surface area contributed by atoms with E-state index < -0.39 is 0 Å². The predicted octanol–water partition coefficient (Wildman–Crippen LogP) is 17.7. The molecule has 0 amide bonds. The molecule has 5 aliphatic rings. The zero-order valence-electron chi connectivity index (χ0n) is 46.3. The maximum Gasteiger partial charge on any atom is 0.249 e. The molecule has 0 bridgehead atoms. The number of benzene rings is 9. The normalized spacial score (nSPS) is 16.3. The Bertz CT molecular complexity index is 4000. The van der Waals surface area contributed by atoms with Crippen LogP contribution in [0.2, 0.25) is 0 Å². The van der Waals surface area contributed by atoms with Gasteiger partial charge in [0.15, 0.2) is 0 Å². The van der Waals surface area contributed by atoms with Gasteiger partial charge in [-0.25, -0.2) is 0 Å². The molecule has 0 fully saturated rings. The SMILES string of the molecule is CC(C)(C)c1ccc(-c2cc(C(C)(C)C)ccc2N2c3cc4c(cc3B3c5cc6c(cc5Sc5cc(-c7ccc8c(c7)C(C)(C)c7ccccc7O8)cc2c53)C(C)(C)c2ccccc2O6)Oc2ccccc2C4(C)C)cc1. The number of ether oxygens (including phenoxy) is 3. The number of hydrogen-bond donors (Lipinski definition) is 0. The first-order chi connectivity index (χ1) is 36.7. The van der Waals surface area contributed by atoms with E-state index in [2.05, 4.69) is 258 Å². The largest absolute Gasteiger partial charge is 0.457 e. The molecule has 9 aromatic rings. The van der Waals surface area contributed by atoms with E-state index >= 15 is 0 Å². The highest BCUT2D eigenvalue weighted by atomic mass is 32.2. The first-order valence-electron chi connectivity index (χ1n) is 27.4.